The Balaban J connectivity index is 1.51. The van der Waals surface area contributed by atoms with Crippen molar-refractivity contribution in [2.75, 3.05) is 13.3 Å². The average Bonchev–Trinajstić information content (AvgIpc) is 3.31. The molecule has 0 saturated carbocycles. The largest absolute Gasteiger partial charge is 0.456 e. The monoisotopic (exact) mass is 368 g/mol. The zero-order chi connectivity index (χ0) is 18.2. The lowest BCUT2D eigenvalue weighted by molar-refractivity contribution is 0.174. The van der Waals surface area contributed by atoms with Crippen LogP contribution in [0.1, 0.15) is 11.1 Å². The maximum atomic E-state index is 13.8. The minimum absolute atomic E-state index is 0.194. The number of nitrogens with zero attached hydrogens (tertiary/aromatic N) is 4. The van der Waals surface area contributed by atoms with Crippen molar-refractivity contribution in [1.82, 2.24) is 19.7 Å². The lowest BCUT2D eigenvalue weighted by atomic mass is 10.1. The summed E-state index contributed by atoms with van der Waals surface area (Å²) in [5.41, 5.74) is 1.89. The summed E-state index contributed by atoms with van der Waals surface area (Å²) in [6.07, 6.45) is 3.22. The van der Waals surface area contributed by atoms with Gasteiger partial charge in [0.2, 0.25) is 6.79 Å². The summed E-state index contributed by atoms with van der Waals surface area (Å²) >= 11 is 0. The minimum Gasteiger partial charge on any atom is -0.456 e. The van der Waals surface area contributed by atoms with Gasteiger partial charge in [-0.05, 0) is 12.1 Å². The van der Waals surface area contributed by atoms with E-state index in [0.29, 0.717) is 42.6 Å². The van der Waals surface area contributed by atoms with Gasteiger partial charge in [-0.1, -0.05) is 6.07 Å². The van der Waals surface area contributed by atoms with Crippen molar-refractivity contribution in [2.24, 2.45) is 0 Å². The van der Waals surface area contributed by atoms with E-state index < -0.39 is 0 Å². The van der Waals surface area contributed by atoms with E-state index in [2.05, 4.69) is 15.0 Å². The van der Waals surface area contributed by atoms with Crippen LogP contribution in [0.4, 0.5) is 4.39 Å². The van der Waals surface area contributed by atoms with Crippen molar-refractivity contribution in [3.63, 3.8) is 0 Å². The molecular weight excluding hydrogens is 351 g/mol. The molecule has 2 aliphatic rings. The molecule has 0 bridgehead atoms. The molecule has 3 heterocycles. The summed E-state index contributed by atoms with van der Waals surface area (Å²) in [6, 6.07) is 8.40. The number of benzene rings is 2. The second-order valence-electron chi connectivity index (χ2n) is 6.54. The highest BCUT2D eigenvalue weighted by molar-refractivity contribution is 5.54. The van der Waals surface area contributed by atoms with E-state index in [9.17, 15) is 4.39 Å². The van der Waals surface area contributed by atoms with E-state index in [1.54, 1.807) is 17.1 Å². The summed E-state index contributed by atoms with van der Waals surface area (Å²) in [6.45, 7) is 2.96. The summed E-state index contributed by atoms with van der Waals surface area (Å²) < 4.78 is 32.6. The topological polar surface area (TPSA) is 61.6 Å². The van der Waals surface area contributed by atoms with Crippen LogP contribution in [0.3, 0.4) is 0 Å². The molecule has 27 heavy (non-hydrogen) atoms. The van der Waals surface area contributed by atoms with Crippen LogP contribution in [0.2, 0.25) is 0 Å². The maximum absolute atomic E-state index is 13.8. The molecule has 1 aromatic heterocycles. The predicted octanol–water partition coefficient (Wildman–Crippen LogP) is 2.95. The molecule has 0 N–H and O–H groups in total. The van der Waals surface area contributed by atoms with Crippen LogP contribution in [-0.2, 0) is 19.6 Å². The highest BCUT2D eigenvalue weighted by Crippen LogP contribution is 2.42. The van der Waals surface area contributed by atoms with Crippen molar-refractivity contribution >= 4 is 0 Å². The highest BCUT2D eigenvalue weighted by Gasteiger charge is 2.23. The molecule has 0 aliphatic carbocycles. The van der Waals surface area contributed by atoms with Gasteiger partial charge >= 0.3 is 0 Å². The zero-order valence-electron chi connectivity index (χ0n) is 14.5. The number of fused-ring (bicyclic) bond motifs is 3. The number of halogens is 1. The Morgan fingerprint density at radius 2 is 1.74 bits per heavy atom. The van der Waals surface area contributed by atoms with Crippen molar-refractivity contribution in [3.8, 4) is 23.0 Å². The van der Waals surface area contributed by atoms with Crippen LogP contribution in [0.5, 0.6) is 23.0 Å². The molecule has 0 spiro atoms. The second kappa shape index (κ2) is 6.55. The third-order valence-electron chi connectivity index (χ3n) is 4.70. The number of ether oxygens (including phenoxy) is 3. The standard InChI is InChI=1S/C19H17FN4O3/c20-15-2-1-13-8-23(3-4-24-11-21-10-22-24)9-14-5-18-19(26-12-25-18)7-17(14)27-16(13)6-15/h1-2,5-7,10-11H,3-4,8-9,12H2. The Labute approximate surface area is 154 Å². The molecule has 0 radical (unpaired) electrons. The Hall–Kier alpha value is -3.13. The van der Waals surface area contributed by atoms with Crippen LogP contribution in [0, 0.1) is 5.82 Å². The van der Waals surface area contributed by atoms with Gasteiger partial charge in [-0.15, -0.1) is 0 Å². The molecule has 0 fully saturated rings. The SMILES string of the molecule is Fc1ccc2c(c1)Oc1cc3c(cc1CN(CCn1cncn1)C2)OCO3. The highest BCUT2D eigenvalue weighted by atomic mass is 19.1. The number of rotatable bonds is 3. The summed E-state index contributed by atoms with van der Waals surface area (Å²) in [7, 11) is 0. The first-order valence-corrected chi connectivity index (χ1v) is 8.68. The van der Waals surface area contributed by atoms with E-state index in [1.807, 2.05) is 12.1 Å². The van der Waals surface area contributed by atoms with Gasteiger partial charge in [0, 0.05) is 42.9 Å². The van der Waals surface area contributed by atoms with Crippen LogP contribution in [-0.4, -0.2) is 33.0 Å². The van der Waals surface area contributed by atoms with Crippen molar-refractivity contribution in [2.45, 2.75) is 19.6 Å². The lowest BCUT2D eigenvalue weighted by Crippen LogP contribution is -2.28. The molecule has 3 aromatic rings. The van der Waals surface area contributed by atoms with Gasteiger partial charge in [-0.25, -0.2) is 9.37 Å². The molecule has 0 unspecified atom stereocenters. The first kappa shape index (κ1) is 16.1. The fourth-order valence-corrected chi connectivity index (χ4v) is 3.34. The molecule has 0 amide bonds. The molecule has 8 heteroatoms. The first-order chi connectivity index (χ1) is 13.2. The van der Waals surface area contributed by atoms with Gasteiger partial charge in [-0.3, -0.25) is 9.58 Å². The van der Waals surface area contributed by atoms with E-state index in [-0.39, 0.29) is 12.6 Å². The van der Waals surface area contributed by atoms with Gasteiger partial charge in [0.05, 0.1) is 6.54 Å². The van der Waals surface area contributed by atoms with Crippen molar-refractivity contribution < 1.29 is 18.6 Å². The van der Waals surface area contributed by atoms with Crippen molar-refractivity contribution in [1.29, 1.82) is 0 Å². The Morgan fingerprint density at radius 3 is 2.59 bits per heavy atom. The maximum Gasteiger partial charge on any atom is 0.231 e. The quantitative estimate of drug-likeness (QED) is 0.708. The molecule has 138 valence electrons. The molecule has 0 saturated heterocycles. The number of hydrogen-bond acceptors (Lipinski definition) is 6. The number of hydrogen-bond donors (Lipinski definition) is 0. The Bertz CT molecular complexity index is 977. The molecule has 2 aromatic carbocycles. The molecular formula is C19H17FN4O3. The lowest BCUT2D eigenvalue weighted by Gasteiger charge is -2.27. The fourth-order valence-electron chi connectivity index (χ4n) is 3.34. The second-order valence-corrected chi connectivity index (χ2v) is 6.54. The number of aromatic nitrogens is 3. The van der Waals surface area contributed by atoms with Crippen LogP contribution in [0.15, 0.2) is 43.0 Å². The van der Waals surface area contributed by atoms with Gasteiger partial charge in [0.1, 0.15) is 30.0 Å². The van der Waals surface area contributed by atoms with Crippen LogP contribution < -0.4 is 14.2 Å². The predicted molar refractivity (Wildman–Crippen MR) is 93.2 cm³/mol. The summed E-state index contributed by atoms with van der Waals surface area (Å²) in [5.74, 6) is 2.18. The van der Waals surface area contributed by atoms with Crippen LogP contribution >= 0.6 is 0 Å². The molecule has 5 rings (SSSR count). The van der Waals surface area contributed by atoms with E-state index in [1.165, 1.54) is 18.5 Å². The zero-order valence-corrected chi connectivity index (χ0v) is 14.5. The smallest absolute Gasteiger partial charge is 0.231 e. The Morgan fingerprint density at radius 1 is 0.926 bits per heavy atom. The van der Waals surface area contributed by atoms with E-state index >= 15 is 0 Å². The first-order valence-electron chi connectivity index (χ1n) is 8.68. The van der Waals surface area contributed by atoms with Gasteiger partial charge in [0.25, 0.3) is 0 Å². The third-order valence-corrected chi connectivity index (χ3v) is 4.70. The Kier molecular flexibility index (Phi) is 3.90. The van der Waals surface area contributed by atoms with Gasteiger partial charge in [-0.2, -0.15) is 5.10 Å². The van der Waals surface area contributed by atoms with Crippen molar-refractivity contribution in [3.05, 3.63) is 59.9 Å². The molecule has 7 nitrogen and oxygen atoms in total. The molecule has 2 aliphatic heterocycles. The van der Waals surface area contributed by atoms with E-state index in [4.69, 9.17) is 14.2 Å². The summed E-state index contributed by atoms with van der Waals surface area (Å²) in [4.78, 5) is 6.25. The third kappa shape index (κ3) is 3.19. The normalized spacial score (nSPS) is 15.4. The average molecular weight is 368 g/mol. The van der Waals surface area contributed by atoms with E-state index in [0.717, 1.165) is 17.7 Å². The summed E-state index contributed by atoms with van der Waals surface area (Å²) in [5, 5.41) is 4.16. The van der Waals surface area contributed by atoms with Gasteiger partial charge in [0.15, 0.2) is 11.5 Å². The van der Waals surface area contributed by atoms with Gasteiger partial charge < -0.3 is 14.2 Å². The molecule has 0 atom stereocenters. The minimum atomic E-state index is -0.328. The van der Waals surface area contributed by atoms with Crippen LogP contribution in [0.25, 0.3) is 0 Å². The fraction of sp³-hybridized carbons (Fsp3) is 0.263.